The largest absolute Gasteiger partial charge is 0.399 e. The smallest absolute Gasteiger partial charge is 0.0946 e. The number of hydrogen-bond acceptors (Lipinski definition) is 4. The van der Waals surface area contributed by atoms with Crippen LogP contribution >= 0.6 is 23.1 Å². The molecule has 3 aromatic rings. The van der Waals surface area contributed by atoms with Crippen LogP contribution in [0.4, 0.5) is 5.69 Å². The summed E-state index contributed by atoms with van der Waals surface area (Å²) in [5.41, 5.74) is 7.96. The summed E-state index contributed by atoms with van der Waals surface area (Å²) in [6.07, 6.45) is 9.28. The zero-order valence-corrected chi connectivity index (χ0v) is 16.2. The highest BCUT2D eigenvalue weighted by Gasteiger charge is 2.11. The van der Waals surface area contributed by atoms with Crippen LogP contribution in [0.2, 0.25) is 0 Å². The number of thiophene rings is 1. The zero-order chi connectivity index (χ0) is 17.5. The fourth-order valence-electron chi connectivity index (χ4n) is 2.81. The number of nitrogens with zero attached hydrogens (tertiary/aromatic N) is 2. The Kier molecular flexibility index (Phi) is 6.59. The minimum absolute atomic E-state index is 0.602. The van der Waals surface area contributed by atoms with Crippen LogP contribution in [-0.2, 0) is 19.4 Å². The van der Waals surface area contributed by atoms with E-state index in [4.69, 9.17) is 5.73 Å². The Morgan fingerprint density at radius 1 is 1.16 bits per heavy atom. The van der Waals surface area contributed by atoms with Crippen molar-refractivity contribution in [2.75, 3.05) is 11.5 Å². The van der Waals surface area contributed by atoms with E-state index in [0.29, 0.717) is 5.25 Å². The molecular weight excluding hydrogens is 346 g/mol. The quantitative estimate of drug-likeness (QED) is 0.549. The molecule has 25 heavy (non-hydrogen) atoms. The first kappa shape index (κ1) is 18.1. The van der Waals surface area contributed by atoms with E-state index < -0.39 is 0 Å². The lowest BCUT2D eigenvalue weighted by molar-refractivity contribution is 0.626. The molecule has 2 heterocycles. The molecule has 2 aromatic heterocycles. The highest BCUT2D eigenvalue weighted by molar-refractivity contribution is 7.99. The van der Waals surface area contributed by atoms with Gasteiger partial charge in [0.2, 0.25) is 0 Å². The third kappa shape index (κ3) is 5.94. The number of thioether (sulfide) groups is 1. The fraction of sp³-hybridized carbons (Fsp3) is 0.350. The summed E-state index contributed by atoms with van der Waals surface area (Å²) in [5.74, 6) is 1.13. The minimum Gasteiger partial charge on any atom is -0.399 e. The first-order valence-corrected chi connectivity index (χ1v) is 10.5. The number of nitrogen functional groups attached to an aromatic ring is 1. The lowest BCUT2D eigenvalue weighted by Gasteiger charge is -2.17. The molecule has 0 aliphatic carbocycles. The highest BCUT2D eigenvalue weighted by Crippen LogP contribution is 2.24. The number of hydrogen-bond donors (Lipinski definition) is 1. The molecule has 1 atom stereocenters. The van der Waals surface area contributed by atoms with Gasteiger partial charge in [-0.1, -0.05) is 12.1 Å². The van der Waals surface area contributed by atoms with Crippen molar-refractivity contribution < 1.29 is 0 Å². The minimum atomic E-state index is 0.602. The number of imidazole rings is 1. The standard InChI is InChI=1S/C20H25N3S2/c1-16-2-7-19(25-16)8-9-20(14-23-12-11-22-15-23)24-13-10-17-3-5-18(21)6-4-17/h2-7,11-12,15,20H,8-10,13-14,21H2,1H3. The van der Waals surface area contributed by atoms with Gasteiger partial charge in [-0.15, -0.1) is 11.3 Å². The van der Waals surface area contributed by atoms with Crippen LogP contribution in [0.15, 0.2) is 55.1 Å². The van der Waals surface area contributed by atoms with Gasteiger partial charge in [-0.05, 0) is 61.8 Å². The van der Waals surface area contributed by atoms with Crippen LogP contribution in [0.1, 0.15) is 21.7 Å². The van der Waals surface area contributed by atoms with Gasteiger partial charge in [-0.3, -0.25) is 0 Å². The van der Waals surface area contributed by atoms with Gasteiger partial charge in [-0.25, -0.2) is 4.98 Å². The first-order valence-electron chi connectivity index (χ1n) is 8.66. The normalized spacial score (nSPS) is 12.4. The van der Waals surface area contributed by atoms with Crippen molar-refractivity contribution in [3.8, 4) is 0 Å². The van der Waals surface area contributed by atoms with Crippen molar-refractivity contribution in [3.63, 3.8) is 0 Å². The molecule has 2 N–H and O–H groups in total. The van der Waals surface area contributed by atoms with E-state index in [1.165, 1.54) is 21.7 Å². The van der Waals surface area contributed by atoms with Crippen molar-refractivity contribution in [1.82, 2.24) is 9.55 Å². The topological polar surface area (TPSA) is 43.8 Å². The maximum absolute atomic E-state index is 5.76. The molecule has 5 heteroatoms. The summed E-state index contributed by atoms with van der Waals surface area (Å²) in [7, 11) is 0. The van der Waals surface area contributed by atoms with Gasteiger partial charge < -0.3 is 10.3 Å². The van der Waals surface area contributed by atoms with Crippen LogP contribution in [0.5, 0.6) is 0 Å². The Balaban J connectivity index is 1.52. The Morgan fingerprint density at radius 3 is 2.68 bits per heavy atom. The van der Waals surface area contributed by atoms with Crippen molar-refractivity contribution in [3.05, 3.63) is 70.4 Å². The van der Waals surface area contributed by atoms with Gasteiger partial charge in [-0.2, -0.15) is 11.8 Å². The Morgan fingerprint density at radius 2 is 2.00 bits per heavy atom. The number of anilines is 1. The van der Waals surface area contributed by atoms with Gasteiger partial charge >= 0.3 is 0 Å². The molecule has 0 bridgehead atoms. The lowest BCUT2D eigenvalue weighted by atomic mass is 10.1. The van der Waals surface area contributed by atoms with Crippen LogP contribution in [0, 0.1) is 6.92 Å². The predicted octanol–water partition coefficient (Wildman–Crippen LogP) is 4.81. The maximum Gasteiger partial charge on any atom is 0.0946 e. The summed E-state index contributed by atoms with van der Waals surface area (Å²) in [5, 5.41) is 0.602. The Bertz CT molecular complexity index is 748. The van der Waals surface area contributed by atoms with Crippen molar-refractivity contribution in [1.29, 1.82) is 0 Å². The number of aryl methyl sites for hydroxylation is 3. The lowest BCUT2D eigenvalue weighted by Crippen LogP contribution is -2.14. The molecule has 1 unspecified atom stereocenters. The molecule has 0 aliphatic rings. The second-order valence-electron chi connectivity index (χ2n) is 6.29. The van der Waals surface area contributed by atoms with E-state index in [1.54, 1.807) is 0 Å². The van der Waals surface area contributed by atoms with Crippen molar-refractivity contribution in [2.45, 2.75) is 38.0 Å². The van der Waals surface area contributed by atoms with Crippen molar-refractivity contribution in [2.24, 2.45) is 0 Å². The molecule has 0 aliphatic heterocycles. The molecule has 1 aromatic carbocycles. The van der Waals surface area contributed by atoms with Gasteiger partial charge in [0.1, 0.15) is 0 Å². The molecule has 0 radical (unpaired) electrons. The van der Waals surface area contributed by atoms with E-state index in [9.17, 15) is 0 Å². The van der Waals surface area contributed by atoms with Crippen LogP contribution < -0.4 is 5.73 Å². The van der Waals surface area contributed by atoms with Gasteiger partial charge in [0.25, 0.3) is 0 Å². The highest BCUT2D eigenvalue weighted by atomic mass is 32.2. The van der Waals surface area contributed by atoms with E-state index >= 15 is 0 Å². The Hall–Kier alpha value is -1.72. The number of aromatic nitrogens is 2. The number of benzene rings is 1. The maximum atomic E-state index is 5.76. The van der Waals surface area contributed by atoms with E-state index in [0.717, 1.165) is 30.8 Å². The molecular formula is C20H25N3S2. The molecule has 0 spiro atoms. The molecule has 132 valence electrons. The molecule has 0 saturated carbocycles. The zero-order valence-electron chi connectivity index (χ0n) is 14.6. The van der Waals surface area contributed by atoms with E-state index in [2.05, 4.69) is 58.7 Å². The van der Waals surface area contributed by atoms with Crippen LogP contribution in [0.25, 0.3) is 0 Å². The number of nitrogens with two attached hydrogens (primary N) is 1. The average Bonchev–Trinajstić information content (AvgIpc) is 3.26. The average molecular weight is 372 g/mol. The van der Waals surface area contributed by atoms with Gasteiger partial charge in [0.15, 0.2) is 0 Å². The Labute approximate surface area is 158 Å². The predicted molar refractivity (Wildman–Crippen MR) is 110 cm³/mol. The molecule has 0 saturated heterocycles. The van der Waals surface area contributed by atoms with Gasteiger partial charge in [0.05, 0.1) is 6.33 Å². The third-order valence-corrected chi connectivity index (χ3v) is 6.56. The summed E-state index contributed by atoms with van der Waals surface area (Å²) in [4.78, 5) is 7.07. The second kappa shape index (κ2) is 9.11. The van der Waals surface area contributed by atoms with Crippen LogP contribution in [-0.4, -0.2) is 20.6 Å². The number of rotatable bonds is 9. The molecule has 0 amide bonds. The summed E-state index contributed by atoms with van der Waals surface area (Å²) >= 11 is 3.99. The molecule has 3 nitrogen and oxygen atoms in total. The third-order valence-electron chi connectivity index (χ3n) is 4.21. The van der Waals surface area contributed by atoms with Crippen molar-refractivity contribution >= 4 is 28.8 Å². The second-order valence-corrected chi connectivity index (χ2v) is 9.08. The van der Waals surface area contributed by atoms with Crippen LogP contribution in [0.3, 0.4) is 0 Å². The SMILES string of the molecule is Cc1ccc(CCC(Cn2ccnc2)SCCc2ccc(N)cc2)s1. The molecule has 0 fully saturated rings. The van der Waals surface area contributed by atoms with E-state index in [-0.39, 0.29) is 0 Å². The summed E-state index contributed by atoms with van der Waals surface area (Å²) in [6.45, 7) is 3.20. The summed E-state index contributed by atoms with van der Waals surface area (Å²) < 4.78 is 2.19. The van der Waals surface area contributed by atoms with E-state index in [1.807, 2.05) is 36.0 Å². The first-order chi connectivity index (χ1) is 12.2. The van der Waals surface area contributed by atoms with Gasteiger partial charge in [0, 0.05) is 39.6 Å². The molecule has 3 rings (SSSR count). The summed E-state index contributed by atoms with van der Waals surface area (Å²) in [6, 6.07) is 12.7. The monoisotopic (exact) mass is 371 g/mol. The fourth-order valence-corrected chi connectivity index (χ4v) is 4.96.